The SMILES string of the molecule is CC(C)c1nnpn1C(C)C. The average molecular weight is 171 g/mol. The average Bonchev–Trinajstić information content (AvgIpc) is 2.32. The molecule has 0 amide bonds. The van der Waals surface area contributed by atoms with Crippen LogP contribution in [0.5, 0.6) is 0 Å². The van der Waals surface area contributed by atoms with Crippen molar-refractivity contribution in [3.05, 3.63) is 5.82 Å². The van der Waals surface area contributed by atoms with Crippen LogP contribution in [0.1, 0.15) is 45.5 Å². The summed E-state index contributed by atoms with van der Waals surface area (Å²) >= 11 is 0. The normalized spacial score (nSPS) is 12.2. The van der Waals surface area contributed by atoms with E-state index in [1.54, 1.807) is 0 Å². The van der Waals surface area contributed by atoms with Crippen LogP contribution in [0.4, 0.5) is 0 Å². The molecule has 0 saturated heterocycles. The third-order valence-electron chi connectivity index (χ3n) is 1.52. The van der Waals surface area contributed by atoms with Crippen LogP contribution in [-0.2, 0) is 0 Å². The van der Waals surface area contributed by atoms with E-state index in [1.165, 1.54) is 0 Å². The molecule has 0 radical (unpaired) electrons. The van der Waals surface area contributed by atoms with Crippen LogP contribution in [0.25, 0.3) is 0 Å². The lowest BCUT2D eigenvalue weighted by atomic mass is 10.2. The van der Waals surface area contributed by atoms with Gasteiger partial charge in [0, 0.05) is 12.0 Å². The molecule has 4 heteroatoms. The molecule has 1 aromatic heterocycles. The van der Waals surface area contributed by atoms with E-state index >= 15 is 0 Å². The van der Waals surface area contributed by atoms with Crippen molar-refractivity contribution in [2.75, 3.05) is 0 Å². The predicted octanol–water partition coefficient (Wildman–Crippen LogP) is 2.56. The molecular formula is C7H14N3P. The Labute approximate surface area is 69.1 Å². The minimum Gasteiger partial charge on any atom is -0.291 e. The van der Waals surface area contributed by atoms with Crippen LogP contribution >= 0.6 is 8.51 Å². The van der Waals surface area contributed by atoms with Crippen molar-refractivity contribution in [1.29, 1.82) is 0 Å². The summed E-state index contributed by atoms with van der Waals surface area (Å²) in [7, 11) is 0.975. The van der Waals surface area contributed by atoms with Crippen molar-refractivity contribution in [2.24, 2.45) is 0 Å². The summed E-state index contributed by atoms with van der Waals surface area (Å²) < 4.78 is 2.20. The molecule has 0 aliphatic carbocycles. The monoisotopic (exact) mass is 171 g/mol. The Bertz CT molecular complexity index is 207. The van der Waals surface area contributed by atoms with Crippen LogP contribution < -0.4 is 0 Å². The maximum atomic E-state index is 4.09. The molecule has 0 unspecified atom stereocenters. The molecule has 0 aliphatic heterocycles. The van der Waals surface area contributed by atoms with Crippen molar-refractivity contribution < 1.29 is 0 Å². The molecule has 1 rings (SSSR count). The van der Waals surface area contributed by atoms with Gasteiger partial charge in [-0.05, 0) is 13.8 Å². The Morgan fingerprint density at radius 1 is 1.27 bits per heavy atom. The first kappa shape index (κ1) is 8.66. The Balaban J connectivity index is 2.96. The molecule has 0 N–H and O–H groups in total. The van der Waals surface area contributed by atoms with E-state index in [0.29, 0.717) is 12.0 Å². The Hall–Kier alpha value is -0.430. The Morgan fingerprint density at radius 2 is 1.91 bits per heavy atom. The van der Waals surface area contributed by atoms with Gasteiger partial charge in [0.05, 0.1) is 0 Å². The highest BCUT2D eigenvalue weighted by Crippen LogP contribution is 2.20. The van der Waals surface area contributed by atoms with Crippen molar-refractivity contribution in [3.8, 4) is 0 Å². The van der Waals surface area contributed by atoms with Gasteiger partial charge in [0.25, 0.3) is 0 Å². The van der Waals surface area contributed by atoms with E-state index in [9.17, 15) is 0 Å². The molecule has 1 heterocycles. The van der Waals surface area contributed by atoms with Crippen molar-refractivity contribution in [3.63, 3.8) is 0 Å². The standard InChI is InChI=1S/C7H14N3P/c1-5(2)7-8-9-11-10(7)6(3)4/h5-6H,1-4H3. The summed E-state index contributed by atoms with van der Waals surface area (Å²) in [6.45, 7) is 8.60. The lowest BCUT2D eigenvalue weighted by Gasteiger charge is -2.10. The number of aromatic nitrogens is 3. The van der Waals surface area contributed by atoms with Crippen molar-refractivity contribution >= 4 is 8.51 Å². The lowest BCUT2D eigenvalue weighted by Crippen LogP contribution is -2.04. The van der Waals surface area contributed by atoms with Gasteiger partial charge in [-0.25, -0.2) is 0 Å². The second kappa shape index (κ2) is 3.31. The highest BCUT2D eigenvalue weighted by atomic mass is 31.1. The summed E-state index contributed by atoms with van der Waals surface area (Å²) in [5.74, 6) is 1.60. The second-order valence-electron chi connectivity index (χ2n) is 3.23. The van der Waals surface area contributed by atoms with Gasteiger partial charge >= 0.3 is 0 Å². The van der Waals surface area contributed by atoms with Crippen LogP contribution in [0, 0.1) is 0 Å². The minimum absolute atomic E-state index is 0.483. The largest absolute Gasteiger partial charge is 0.291 e. The molecule has 0 saturated carbocycles. The predicted molar refractivity (Wildman–Crippen MR) is 47.0 cm³/mol. The van der Waals surface area contributed by atoms with Gasteiger partial charge in [-0.3, -0.25) is 4.33 Å². The summed E-state index contributed by atoms with van der Waals surface area (Å²) in [6.07, 6.45) is 0. The minimum atomic E-state index is 0.483. The van der Waals surface area contributed by atoms with E-state index in [0.717, 1.165) is 14.3 Å². The third kappa shape index (κ3) is 1.78. The number of hydrogen-bond donors (Lipinski definition) is 0. The summed E-state index contributed by atoms with van der Waals surface area (Å²) in [4.78, 5) is 3.97. The zero-order valence-electron chi connectivity index (χ0n) is 7.44. The number of rotatable bonds is 2. The zero-order chi connectivity index (χ0) is 8.43. The Morgan fingerprint density at radius 3 is 2.27 bits per heavy atom. The van der Waals surface area contributed by atoms with Crippen LogP contribution in [0.15, 0.2) is 0 Å². The van der Waals surface area contributed by atoms with Gasteiger partial charge in [0.15, 0.2) is 8.51 Å². The van der Waals surface area contributed by atoms with E-state index in [2.05, 4.69) is 42.0 Å². The topological polar surface area (TPSA) is 30.7 Å². The van der Waals surface area contributed by atoms with E-state index < -0.39 is 0 Å². The molecular weight excluding hydrogens is 157 g/mol. The third-order valence-corrected chi connectivity index (χ3v) is 2.55. The highest BCUT2D eigenvalue weighted by molar-refractivity contribution is 7.21. The van der Waals surface area contributed by atoms with Crippen molar-refractivity contribution in [1.82, 2.24) is 14.3 Å². The molecule has 0 atom stereocenters. The zero-order valence-corrected chi connectivity index (χ0v) is 8.34. The van der Waals surface area contributed by atoms with Crippen LogP contribution in [0.2, 0.25) is 0 Å². The molecule has 0 bridgehead atoms. The van der Waals surface area contributed by atoms with E-state index in [-0.39, 0.29) is 0 Å². The van der Waals surface area contributed by atoms with Gasteiger partial charge in [-0.1, -0.05) is 13.8 Å². The highest BCUT2D eigenvalue weighted by Gasteiger charge is 2.10. The first-order valence-corrected chi connectivity index (χ1v) is 4.70. The molecule has 11 heavy (non-hydrogen) atoms. The number of nitrogens with zero attached hydrogens (tertiary/aromatic N) is 3. The first-order chi connectivity index (χ1) is 5.13. The maximum absolute atomic E-state index is 4.09. The smallest absolute Gasteiger partial charge is 0.158 e. The van der Waals surface area contributed by atoms with Crippen LogP contribution in [0.3, 0.4) is 0 Å². The van der Waals surface area contributed by atoms with Gasteiger partial charge < -0.3 is 0 Å². The van der Waals surface area contributed by atoms with E-state index in [1.807, 2.05) is 0 Å². The fourth-order valence-electron chi connectivity index (χ4n) is 0.948. The van der Waals surface area contributed by atoms with Gasteiger partial charge in [-0.2, -0.15) is 0 Å². The number of hydrogen-bond acceptors (Lipinski definition) is 2. The summed E-state index contributed by atoms with van der Waals surface area (Å²) in [5.41, 5.74) is 0. The quantitative estimate of drug-likeness (QED) is 0.684. The molecule has 0 fully saturated rings. The lowest BCUT2D eigenvalue weighted by molar-refractivity contribution is 0.584. The van der Waals surface area contributed by atoms with Crippen molar-refractivity contribution in [2.45, 2.75) is 39.7 Å². The fraction of sp³-hybridized carbons (Fsp3) is 0.857. The second-order valence-corrected chi connectivity index (χ2v) is 4.02. The van der Waals surface area contributed by atoms with Gasteiger partial charge in [0.1, 0.15) is 5.82 Å². The maximum Gasteiger partial charge on any atom is 0.158 e. The fourth-order valence-corrected chi connectivity index (χ4v) is 1.74. The molecule has 0 aromatic carbocycles. The summed E-state index contributed by atoms with van der Waals surface area (Å²) in [6, 6.07) is 0.504. The molecule has 1 aromatic rings. The molecule has 0 aliphatic rings. The van der Waals surface area contributed by atoms with Gasteiger partial charge in [0.2, 0.25) is 0 Å². The Kier molecular flexibility index (Phi) is 2.61. The van der Waals surface area contributed by atoms with Gasteiger partial charge in [-0.15, -0.1) is 9.96 Å². The molecule has 3 nitrogen and oxygen atoms in total. The van der Waals surface area contributed by atoms with Crippen LogP contribution in [-0.4, -0.2) is 14.3 Å². The first-order valence-electron chi connectivity index (χ1n) is 3.90. The molecule has 0 spiro atoms. The molecule has 62 valence electrons. The summed E-state index contributed by atoms with van der Waals surface area (Å²) in [5, 5.41) is 4.09. The van der Waals surface area contributed by atoms with E-state index in [4.69, 9.17) is 0 Å².